The van der Waals surface area contributed by atoms with E-state index in [4.69, 9.17) is 34.4 Å². The molecule has 2 aliphatic rings. The summed E-state index contributed by atoms with van der Waals surface area (Å²) in [5, 5.41) is 20.3. The van der Waals surface area contributed by atoms with E-state index >= 15 is 0 Å². The van der Waals surface area contributed by atoms with Crippen molar-refractivity contribution in [2.75, 3.05) is 29.6 Å². The lowest BCUT2D eigenvalue weighted by Crippen LogP contribution is -2.61. The molecule has 2 saturated heterocycles. The first-order valence-corrected chi connectivity index (χ1v) is 25.6. The molecule has 26 nitrogen and oxygen atoms in total. The highest BCUT2D eigenvalue weighted by Crippen LogP contribution is 2.26. The van der Waals surface area contributed by atoms with Gasteiger partial charge in [-0.25, -0.2) is 0 Å². The largest absolute Gasteiger partial charge is 0.370 e. The number of nitrogens with zero attached hydrogens (tertiary/aromatic N) is 1. The van der Waals surface area contributed by atoms with E-state index in [0.717, 1.165) is 0 Å². The van der Waals surface area contributed by atoms with Crippen molar-refractivity contribution in [3.63, 3.8) is 0 Å². The highest BCUT2D eigenvalue weighted by molar-refractivity contribution is 8.77. The first kappa shape index (κ1) is 56.9. The molecule has 2 rings (SSSR count). The van der Waals surface area contributed by atoms with Crippen LogP contribution in [0.15, 0.2) is 4.99 Å². The number of rotatable bonds is 24. The minimum atomic E-state index is -1.49. The lowest BCUT2D eigenvalue weighted by Gasteiger charge is -2.30. The first-order chi connectivity index (χ1) is 31.0. The van der Waals surface area contributed by atoms with Crippen LogP contribution in [0.5, 0.6) is 0 Å². The summed E-state index contributed by atoms with van der Waals surface area (Å²) in [6.45, 7) is 4.77. The van der Waals surface area contributed by atoms with Crippen LogP contribution in [-0.2, 0) is 52.7 Å². The van der Waals surface area contributed by atoms with Crippen LogP contribution in [0.2, 0.25) is 0 Å². The van der Waals surface area contributed by atoms with Crippen LogP contribution in [0, 0.1) is 5.92 Å². The van der Waals surface area contributed by atoms with Gasteiger partial charge in [0.15, 0.2) is 5.96 Å². The van der Waals surface area contributed by atoms with Gasteiger partial charge in [0.25, 0.3) is 0 Å². The maximum atomic E-state index is 13.9. The van der Waals surface area contributed by atoms with E-state index in [2.05, 4.69) is 47.5 Å². The molecule has 2 heterocycles. The van der Waals surface area contributed by atoms with Gasteiger partial charge < -0.3 is 76.9 Å². The Hall–Kier alpha value is -5.20. The van der Waals surface area contributed by atoms with Crippen LogP contribution < -0.4 is 76.9 Å². The SMILES string of the molecule is CC[C@H](C)[C@H](NC(=O)[C@H](CCC(N)=O)NC(=O)[C@H](CCCN=C(N)N)NC(=O)[C@H](C)NC(=O)[C@@H]1CSSC[C@H](NC(=O)[C@@H](N)CC(N)=O)C(=O)N1)C(=O)N[C@H]1CSSC[C@@H](C(N)=O)NC1=O. The highest BCUT2D eigenvalue weighted by Gasteiger charge is 2.36. The van der Waals surface area contributed by atoms with Gasteiger partial charge in [-0.2, -0.15) is 0 Å². The number of amides is 11. The fourth-order valence-corrected chi connectivity index (χ4v) is 10.5. The van der Waals surface area contributed by atoms with Crippen molar-refractivity contribution in [3.05, 3.63) is 0 Å². The molecule has 20 N–H and O–H groups in total. The molecule has 0 saturated carbocycles. The zero-order chi connectivity index (χ0) is 49.7. The fourth-order valence-electron chi connectivity index (χ4n) is 5.83. The summed E-state index contributed by atoms with van der Waals surface area (Å²) >= 11 is 0. The quantitative estimate of drug-likeness (QED) is 0.0185. The molecule has 370 valence electrons. The molecule has 0 aromatic carbocycles. The van der Waals surface area contributed by atoms with Gasteiger partial charge in [0.05, 0.1) is 12.5 Å². The number of nitrogens with two attached hydrogens (primary N) is 6. The molecule has 30 heteroatoms. The Kier molecular flexibility index (Phi) is 24.8. The van der Waals surface area contributed by atoms with Crippen molar-refractivity contribution in [1.82, 2.24) is 42.5 Å². The maximum Gasteiger partial charge on any atom is 0.244 e. The van der Waals surface area contributed by atoms with Crippen molar-refractivity contribution >= 4 is 114 Å². The van der Waals surface area contributed by atoms with E-state index in [1.807, 2.05) is 0 Å². The molecular weight excluding hydrogens is 947 g/mol. The van der Waals surface area contributed by atoms with Crippen LogP contribution >= 0.6 is 43.2 Å². The van der Waals surface area contributed by atoms with E-state index in [0.29, 0.717) is 6.42 Å². The van der Waals surface area contributed by atoms with E-state index < -0.39 is 132 Å². The summed E-state index contributed by atoms with van der Waals surface area (Å²) in [6.07, 6.45) is -0.765. The molecule has 0 radical (unpaired) electrons. The van der Waals surface area contributed by atoms with Crippen LogP contribution in [0.4, 0.5) is 0 Å². The van der Waals surface area contributed by atoms with E-state index in [-0.39, 0.29) is 61.2 Å². The Bertz CT molecular complexity index is 1830. The van der Waals surface area contributed by atoms with Gasteiger partial charge in [-0.3, -0.25) is 57.7 Å². The third-order valence-electron chi connectivity index (χ3n) is 9.86. The van der Waals surface area contributed by atoms with Gasteiger partial charge in [0.1, 0.15) is 48.3 Å². The van der Waals surface area contributed by atoms with Gasteiger partial charge in [-0.1, -0.05) is 63.4 Å². The first-order valence-electron chi connectivity index (χ1n) is 20.6. The van der Waals surface area contributed by atoms with Crippen LogP contribution in [0.25, 0.3) is 0 Å². The van der Waals surface area contributed by atoms with Gasteiger partial charge in [-0.05, 0) is 32.1 Å². The van der Waals surface area contributed by atoms with Crippen molar-refractivity contribution < 1.29 is 52.7 Å². The molecule has 0 bridgehead atoms. The van der Waals surface area contributed by atoms with Crippen molar-refractivity contribution in [1.29, 1.82) is 0 Å². The second-order valence-corrected chi connectivity index (χ2v) is 20.3. The Morgan fingerprint density at radius 3 is 1.73 bits per heavy atom. The number of hydrogen-bond acceptors (Lipinski definition) is 17. The number of carbonyl (C=O) groups is 11. The maximum absolute atomic E-state index is 13.9. The van der Waals surface area contributed by atoms with Gasteiger partial charge in [0.2, 0.25) is 65.0 Å². The fraction of sp³-hybridized carbons (Fsp3) is 0.667. The molecule has 0 unspecified atom stereocenters. The Morgan fingerprint density at radius 2 is 1.18 bits per heavy atom. The van der Waals surface area contributed by atoms with E-state index in [1.54, 1.807) is 13.8 Å². The minimum absolute atomic E-state index is 0.0283. The molecule has 0 aliphatic carbocycles. The third kappa shape index (κ3) is 20.1. The summed E-state index contributed by atoms with van der Waals surface area (Å²) in [7, 11) is 4.90. The summed E-state index contributed by atoms with van der Waals surface area (Å²) < 4.78 is 0. The smallest absolute Gasteiger partial charge is 0.244 e. The van der Waals surface area contributed by atoms with Gasteiger partial charge >= 0.3 is 0 Å². The second-order valence-electron chi connectivity index (χ2n) is 15.2. The molecule has 2 fully saturated rings. The zero-order valence-electron chi connectivity index (χ0n) is 36.6. The highest BCUT2D eigenvalue weighted by atomic mass is 33.1. The number of hydrogen-bond donors (Lipinski definition) is 14. The lowest BCUT2D eigenvalue weighted by atomic mass is 9.97. The van der Waals surface area contributed by atoms with E-state index in [1.165, 1.54) is 50.1 Å². The van der Waals surface area contributed by atoms with Crippen molar-refractivity contribution in [3.8, 4) is 0 Å². The van der Waals surface area contributed by atoms with Crippen molar-refractivity contribution in [2.24, 2.45) is 45.3 Å². The molecule has 66 heavy (non-hydrogen) atoms. The Balaban J connectivity index is 2.25. The van der Waals surface area contributed by atoms with Crippen LogP contribution in [-0.4, -0.2) is 155 Å². The number of primary amides is 3. The Labute approximate surface area is 396 Å². The van der Waals surface area contributed by atoms with Crippen molar-refractivity contribution in [2.45, 2.75) is 114 Å². The molecule has 0 aromatic rings. The minimum Gasteiger partial charge on any atom is -0.370 e. The average molecular weight is 1010 g/mol. The van der Waals surface area contributed by atoms with Crippen LogP contribution in [0.3, 0.4) is 0 Å². The summed E-state index contributed by atoms with van der Waals surface area (Å²) in [6, 6.07) is -11.2. The molecule has 2 aliphatic heterocycles. The molecular formula is C36H61N15O11S4. The predicted molar refractivity (Wildman–Crippen MR) is 250 cm³/mol. The summed E-state index contributed by atoms with van der Waals surface area (Å²) in [5.74, 6) is -9.02. The lowest BCUT2D eigenvalue weighted by molar-refractivity contribution is -0.136. The number of nitrogens with one attached hydrogen (secondary N) is 8. The summed E-state index contributed by atoms with van der Waals surface area (Å²) in [4.78, 5) is 146. The molecule has 0 aromatic heterocycles. The van der Waals surface area contributed by atoms with Gasteiger partial charge in [-0.15, -0.1) is 0 Å². The third-order valence-corrected chi connectivity index (χ3v) is 14.7. The molecule has 10 atom stereocenters. The predicted octanol–water partition coefficient (Wildman–Crippen LogP) is -6.27. The number of aliphatic imine (C=N–C) groups is 1. The summed E-state index contributed by atoms with van der Waals surface area (Å²) in [5.41, 5.74) is 32.5. The van der Waals surface area contributed by atoms with E-state index in [9.17, 15) is 52.7 Å². The normalized spacial score (nSPS) is 21.5. The Morgan fingerprint density at radius 1 is 0.667 bits per heavy atom. The van der Waals surface area contributed by atoms with Gasteiger partial charge in [0, 0.05) is 36.0 Å². The monoisotopic (exact) mass is 1010 g/mol. The molecule has 0 spiro atoms. The average Bonchev–Trinajstić information content (AvgIpc) is 3.23. The standard InChI is InChI=1S/C36H61N15O11S4/c1-4-15(2)26(35(62)50-23-14-64-63-11-20(27(40)54)47-33(23)60)51-31(58)19(7-8-24(38)52)46-30(57)18(6-5-9-43-36(41)42)45-28(55)16(3)44-32(59)21-12-65-66-13-22(34(61)49-21)48-29(56)17(37)10-25(39)53/h15-23,26H,4-14,37H2,1-3H3,(H2,38,52)(H2,39,53)(H2,40,54)(H,44,59)(H,45,55)(H,46,57)(H,47,60)(H,48,56)(H,49,61)(H,50,62)(H,51,58)(H4,41,42,43)/t15-,16-,17-,18-,19-,20-,21-,22-,23-,26-/m0/s1. The number of carbonyl (C=O) groups excluding carboxylic acids is 11. The zero-order valence-corrected chi connectivity index (χ0v) is 39.9. The second kappa shape index (κ2) is 28.8. The number of guanidine groups is 1. The van der Waals surface area contributed by atoms with Crippen LogP contribution in [0.1, 0.15) is 59.3 Å². The molecule has 11 amide bonds. The topological polar surface area (TPSA) is 452 Å².